The van der Waals surface area contributed by atoms with Crippen molar-refractivity contribution in [1.82, 2.24) is 15.0 Å². The number of hydrogen-bond acceptors (Lipinski definition) is 5. The van der Waals surface area contributed by atoms with Crippen molar-refractivity contribution in [1.29, 1.82) is 0 Å². The molecular formula is C23H27N3O4S. The van der Waals surface area contributed by atoms with Gasteiger partial charge in [0.05, 0.1) is 11.2 Å². The molecule has 0 bridgehead atoms. The number of carbonyl (C=O) groups excluding carboxylic acids is 1. The topological polar surface area (TPSA) is 101 Å². The highest BCUT2D eigenvalue weighted by atomic mass is 32.2. The minimum absolute atomic E-state index is 0.0219. The average Bonchev–Trinajstić information content (AvgIpc) is 3.26. The van der Waals surface area contributed by atoms with E-state index >= 15 is 0 Å². The van der Waals surface area contributed by atoms with E-state index in [9.17, 15) is 13.2 Å². The molecule has 0 spiro atoms. The van der Waals surface area contributed by atoms with E-state index in [1.807, 2.05) is 32.0 Å². The van der Waals surface area contributed by atoms with Crippen molar-refractivity contribution in [2.24, 2.45) is 0 Å². The van der Waals surface area contributed by atoms with Gasteiger partial charge in [-0.15, -0.1) is 0 Å². The van der Waals surface area contributed by atoms with Crippen LogP contribution in [0.2, 0.25) is 0 Å². The predicted molar refractivity (Wildman–Crippen MR) is 119 cm³/mol. The lowest BCUT2D eigenvalue weighted by atomic mass is 10.0. The molecule has 1 amide bonds. The van der Waals surface area contributed by atoms with E-state index in [1.165, 1.54) is 0 Å². The van der Waals surface area contributed by atoms with Crippen LogP contribution in [0.15, 0.2) is 52.1 Å². The molecule has 0 unspecified atom stereocenters. The molecule has 3 rings (SSSR count). The number of carbonyl (C=O) groups is 1. The Morgan fingerprint density at radius 1 is 1.06 bits per heavy atom. The van der Waals surface area contributed by atoms with Gasteiger partial charge in [0.2, 0.25) is 15.9 Å². The first kappa shape index (κ1) is 22.7. The molecule has 3 aromatic rings. The highest BCUT2D eigenvalue weighted by molar-refractivity contribution is 7.89. The number of furan rings is 1. The summed E-state index contributed by atoms with van der Waals surface area (Å²) in [4.78, 5) is 16.8. The molecule has 0 aliphatic heterocycles. The average molecular weight is 442 g/mol. The van der Waals surface area contributed by atoms with E-state index in [-0.39, 0.29) is 18.9 Å². The smallest absolute Gasteiger partial charge is 0.241 e. The highest BCUT2D eigenvalue weighted by Gasteiger charge is 2.22. The van der Waals surface area contributed by atoms with E-state index in [1.54, 1.807) is 38.4 Å². The molecule has 2 heterocycles. The van der Waals surface area contributed by atoms with Crippen LogP contribution in [0.25, 0.3) is 11.5 Å². The second-order valence-electron chi connectivity index (χ2n) is 7.54. The van der Waals surface area contributed by atoms with Crippen molar-refractivity contribution in [3.63, 3.8) is 0 Å². The number of rotatable bonds is 8. The number of nitrogens with zero attached hydrogens (tertiary/aromatic N) is 1. The van der Waals surface area contributed by atoms with Gasteiger partial charge in [0, 0.05) is 25.7 Å². The Labute approximate surface area is 183 Å². The number of hydrogen-bond donors (Lipinski definition) is 2. The number of sulfonamides is 1. The molecule has 0 radical (unpaired) electrons. The summed E-state index contributed by atoms with van der Waals surface area (Å²) in [6.45, 7) is 7.73. The van der Waals surface area contributed by atoms with Crippen molar-refractivity contribution in [3.05, 3.63) is 70.6 Å². The summed E-state index contributed by atoms with van der Waals surface area (Å²) >= 11 is 0. The molecule has 2 aromatic heterocycles. The Hall–Kier alpha value is -2.97. The lowest BCUT2D eigenvalue weighted by Crippen LogP contribution is -2.31. The summed E-state index contributed by atoms with van der Waals surface area (Å²) in [5.74, 6) is 0.410. The summed E-state index contributed by atoms with van der Waals surface area (Å²) in [5, 5.41) is 2.81. The first-order valence-electron chi connectivity index (χ1n) is 10.0. The molecule has 7 nitrogen and oxygen atoms in total. The van der Waals surface area contributed by atoms with Crippen molar-refractivity contribution in [2.75, 3.05) is 6.54 Å². The third-order valence-corrected chi connectivity index (χ3v) is 7.03. The Balaban J connectivity index is 1.56. The van der Waals surface area contributed by atoms with Gasteiger partial charge in [-0.1, -0.05) is 6.07 Å². The summed E-state index contributed by atoms with van der Waals surface area (Å²) in [5.41, 5.74) is 4.86. The van der Waals surface area contributed by atoms with Crippen LogP contribution in [0.3, 0.4) is 0 Å². The van der Waals surface area contributed by atoms with Crippen LogP contribution < -0.4 is 10.0 Å². The molecule has 1 aromatic carbocycles. The molecule has 2 N–H and O–H groups in total. The fourth-order valence-electron chi connectivity index (χ4n) is 3.39. The maximum absolute atomic E-state index is 12.8. The quantitative estimate of drug-likeness (QED) is 0.557. The van der Waals surface area contributed by atoms with Crippen LogP contribution in [0.4, 0.5) is 0 Å². The third-order valence-electron chi connectivity index (χ3n) is 5.30. The van der Waals surface area contributed by atoms with Crippen molar-refractivity contribution in [3.8, 4) is 11.5 Å². The Kier molecular flexibility index (Phi) is 6.92. The number of pyridine rings is 1. The summed E-state index contributed by atoms with van der Waals surface area (Å²) in [6.07, 6.45) is 3.27. The van der Waals surface area contributed by atoms with Crippen molar-refractivity contribution in [2.45, 2.75) is 45.6 Å². The third kappa shape index (κ3) is 5.39. The number of benzene rings is 1. The number of aromatic nitrogens is 1. The van der Waals surface area contributed by atoms with Gasteiger partial charge >= 0.3 is 0 Å². The van der Waals surface area contributed by atoms with Crippen molar-refractivity contribution < 1.29 is 17.6 Å². The summed E-state index contributed by atoms with van der Waals surface area (Å²) in [6, 6.07) is 9.23. The largest absolute Gasteiger partial charge is 0.463 e. The number of amides is 1. The minimum atomic E-state index is -3.71. The van der Waals surface area contributed by atoms with Crippen LogP contribution in [-0.4, -0.2) is 25.9 Å². The first-order valence-corrected chi connectivity index (χ1v) is 11.5. The molecule has 8 heteroatoms. The fourth-order valence-corrected chi connectivity index (χ4v) is 5.03. The van der Waals surface area contributed by atoms with E-state index in [2.05, 4.69) is 15.0 Å². The second kappa shape index (κ2) is 9.45. The number of nitrogens with one attached hydrogen (secondary N) is 2. The molecule has 0 saturated carbocycles. The minimum Gasteiger partial charge on any atom is -0.463 e. The normalized spacial score (nSPS) is 11.5. The SMILES string of the molecule is Cc1cc(C)c(C)c(S(=O)(=O)NCCC(=O)NCc2ccnc(-c3ccco3)c2)c1C. The van der Waals surface area contributed by atoms with Crippen LogP contribution in [0.1, 0.15) is 34.2 Å². The molecule has 31 heavy (non-hydrogen) atoms. The van der Waals surface area contributed by atoms with E-state index in [0.29, 0.717) is 22.9 Å². The lowest BCUT2D eigenvalue weighted by Gasteiger charge is -2.16. The van der Waals surface area contributed by atoms with Gasteiger partial charge in [0.1, 0.15) is 5.69 Å². The van der Waals surface area contributed by atoms with Gasteiger partial charge in [0.15, 0.2) is 5.76 Å². The second-order valence-corrected chi connectivity index (χ2v) is 9.24. The highest BCUT2D eigenvalue weighted by Crippen LogP contribution is 2.25. The molecular weight excluding hydrogens is 414 g/mol. The zero-order chi connectivity index (χ0) is 22.6. The standard InChI is InChI=1S/C23H27N3O4S/c1-15-12-16(2)18(4)23(17(15)3)31(28,29)26-10-8-22(27)25-14-19-7-9-24-20(13-19)21-6-5-11-30-21/h5-7,9,11-13,26H,8,10,14H2,1-4H3,(H,25,27). The van der Waals surface area contributed by atoms with Gasteiger partial charge in [-0.2, -0.15) is 0 Å². The van der Waals surface area contributed by atoms with Crippen molar-refractivity contribution >= 4 is 15.9 Å². The van der Waals surface area contributed by atoms with Gasteiger partial charge in [0.25, 0.3) is 0 Å². The fraction of sp³-hybridized carbons (Fsp3) is 0.304. The molecule has 164 valence electrons. The molecule has 0 saturated heterocycles. The molecule has 0 aliphatic carbocycles. The van der Waals surface area contributed by atoms with E-state index < -0.39 is 10.0 Å². The van der Waals surface area contributed by atoms with Crippen LogP contribution in [-0.2, 0) is 21.4 Å². The molecule has 0 aliphatic rings. The zero-order valence-corrected chi connectivity index (χ0v) is 19.0. The maximum Gasteiger partial charge on any atom is 0.241 e. The predicted octanol–water partition coefficient (Wildman–Crippen LogP) is 3.56. The van der Waals surface area contributed by atoms with E-state index in [4.69, 9.17) is 4.42 Å². The van der Waals surface area contributed by atoms with Gasteiger partial charge in [-0.3, -0.25) is 9.78 Å². The first-order chi connectivity index (χ1) is 14.7. The molecule has 0 fully saturated rings. The summed E-state index contributed by atoms with van der Waals surface area (Å²) < 4.78 is 33.6. The Bertz CT molecular complexity index is 1160. The monoisotopic (exact) mass is 441 g/mol. The van der Waals surface area contributed by atoms with Gasteiger partial charge in [-0.05, 0) is 79.8 Å². The number of aryl methyl sites for hydroxylation is 2. The van der Waals surface area contributed by atoms with Crippen LogP contribution in [0, 0.1) is 27.7 Å². The Morgan fingerprint density at radius 2 is 1.77 bits per heavy atom. The van der Waals surface area contributed by atoms with Crippen LogP contribution in [0.5, 0.6) is 0 Å². The lowest BCUT2D eigenvalue weighted by molar-refractivity contribution is -0.121. The summed E-state index contributed by atoms with van der Waals surface area (Å²) in [7, 11) is -3.71. The van der Waals surface area contributed by atoms with E-state index in [0.717, 1.165) is 27.8 Å². The van der Waals surface area contributed by atoms with Crippen LogP contribution >= 0.6 is 0 Å². The zero-order valence-electron chi connectivity index (χ0n) is 18.2. The maximum atomic E-state index is 12.8. The Morgan fingerprint density at radius 3 is 2.42 bits per heavy atom. The van der Waals surface area contributed by atoms with Gasteiger partial charge < -0.3 is 9.73 Å². The van der Waals surface area contributed by atoms with Gasteiger partial charge in [-0.25, -0.2) is 13.1 Å². The molecule has 0 atom stereocenters.